The molecule has 1 fully saturated rings. The highest BCUT2D eigenvalue weighted by molar-refractivity contribution is 5.86. The van der Waals surface area contributed by atoms with Crippen molar-refractivity contribution in [1.82, 2.24) is 9.97 Å². The Hall–Kier alpha value is -2.04. The van der Waals surface area contributed by atoms with E-state index in [1.165, 1.54) is 32.1 Å². The molecule has 1 aliphatic carbocycles. The van der Waals surface area contributed by atoms with Gasteiger partial charge in [-0.15, -0.1) is 0 Å². The molecule has 0 spiro atoms. The molecule has 1 aromatic carbocycles. The number of fused-ring (bicyclic) bond motifs is 1. The molecule has 21 heavy (non-hydrogen) atoms. The average molecular weight is 286 g/mol. The standard InChI is InChI=1S/C16H22N4O/c1-10-16(21)19-13-8-12(17)15(9-14(13)18-10)20(2)11-6-4-3-5-7-11/h8-9,11H,3-7,17H2,1-2H3,(H,19,21). The molecule has 3 rings (SSSR count). The van der Waals surface area contributed by atoms with Gasteiger partial charge in [0, 0.05) is 13.1 Å². The molecule has 1 heterocycles. The summed E-state index contributed by atoms with van der Waals surface area (Å²) < 4.78 is 0. The summed E-state index contributed by atoms with van der Waals surface area (Å²) in [5.41, 5.74) is 9.71. The first-order chi connectivity index (χ1) is 10.1. The number of hydrogen-bond donors (Lipinski definition) is 2. The van der Waals surface area contributed by atoms with Crippen LogP contribution < -0.4 is 16.2 Å². The van der Waals surface area contributed by atoms with Crippen LogP contribution in [0, 0.1) is 6.92 Å². The van der Waals surface area contributed by atoms with Crippen molar-refractivity contribution in [3.05, 3.63) is 28.2 Å². The lowest BCUT2D eigenvalue weighted by Crippen LogP contribution is -2.33. The number of nitrogens with two attached hydrogens (primary N) is 1. The average Bonchev–Trinajstić information content (AvgIpc) is 2.49. The Balaban J connectivity index is 2.03. The molecular formula is C16H22N4O. The van der Waals surface area contributed by atoms with E-state index in [1.807, 2.05) is 12.1 Å². The van der Waals surface area contributed by atoms with Crippen LogP contribution in [0.15, 0.2) is 16.9 Å². The van der Waals surface area contributed by atoms with E-state index in [0.717, 1.165) is 11.2 Å². The minimum absolute atomic E-state index is 0.157. The Labute approximate surface area is 124 Å². The van der Waals surface area contributed by atoms with Crippen molar-refractivity contribution in [2.45, 2.75) is 45.1 Å². The Morgan fingerprint density at radius 1 is 1.29 bits per heavy atom. The van der Waals surface area contributed by atoms with Gasteiger partial charge in [0.25, 0.3) is 5.56 Å². The van der Waals surface area contributed by atoms with E-state index >= 15 is 0 Å². The highest BCUT2D eigenvalue weighted by atomic mass is 16.1. The van der Waals surface area contributed by atoms with Crippen LogP contribution >= 0.6 is 0 Å². The number of aromatic amines is 1. The fraction of sp³-hybridized carbons (Fsp3) is 0.500. The third-order valence-corrected chi connectivity index (χ3v) is 4.51. The summed E-state index contributed by atoms with van der Waals surface area (Å²) in [5.74, 6) is 0. The molecule has 0 saturated heterocycles. The maximum absolute atomic E-state index is 11.6. The smallest absolute Gasteiger partial charge is 0.269 e. The fourth-order valence-electron chi connectivity index (χ4n) is 3.20. The maximum Gasteiger partial charge on any atom is 0.269 e. The van der Waals surface area contributed by atoms with Gasteiger partial charge >= 0.3 is 0 Å². The van der Waals surface area contributed by atoms with E-state index in [4.69, 9.17) is 5.73 Å². The molecule has 0 radical (unpaired) electrons. The lowest BCUT2D eigenvalue weighted by Gasteiger charge is -2.33. The zero-order valence-electron chi connectivity index (χ0n) is 12.6. The lowest BCUT2D eigenvalue weighted by molar-refractivity contribution is 0.428. The topological polar surface area (TPSA) is 75.0 Å². The summed E-state index contributed by atoms with van der Waals surface area (Å²) in [6, 6.07) is 4.35. The molecule has 5 nitrogen and oxygen atoms in total. The van der Waals surface area contributed by atoms with E-state index in [1.54, 1.807) is 6.92 Å². The predicted octanol–water partition coefficient (Wildman–Crippen LogP) is 2.58. The van der Waals surface area contributed by atoms with E-state index < -0.39 is 0 Å². The first-order valence-electron chi connectivity index (χ1n) is 7.59. The van der Waals surface area contributed by atoms with Gasteiger partial charge in [0.2, 0.25) is 0 Å². The Morgan fingerprint density at radius 3 is 2.71 bits per heavy atom. The number of benzene rings is 1. The molecule has 1 saturated carbocycles. The highest BCUT2D eigenvalue weighted by Crippen LogP contribution is 2.31. The van der Waals surface area contributed by atoms with Gasteiger partial charge in [0.1, 0.15) is 5.69 Å². The van der Waals surface area contributed by atoms with Crippen LogP contribution in [-0.4, -0.2) is 23.1 Å². The summed E-state index contributed by atoms with van der Waals surface area (Å²) in [7, 11) is 2.10. The van der Waals surface area contributed by atoms with Crippen molar-refractivity contribution in [3.8, 4) is 0 Å². The van der Waals surface area contributed by atoms with Gasteiger partial charge < -0.3 is 15.6 Å². The summed E-state index contributed by atoms with van der Waals surface area (Å²) in [6.45, 7) is 1.72. The van der Waals surface area contributed by atoms with Gasteiger partial charge in [-0.3, -0.25) is 4.79 Å². The van der Waals surface area contributed by atoms with Crippen LogP contribution in [0.25, 0.3) is 11.0 Å². The number of anilines is 2. The van der Waals surface area contributed by atoms with Crippen LogP contribution in [0.1, 0.15) is 37.8 Å². The molecule has 112 valence electrons. The third-order valence-electron chi connectivity index (χ3n) is 4.51. The number of nitrogens with zero attached hydrogens (tertiary/aromatic N) is 2. The third kappa shape index (κ3) is 2.60. The van der Waals surface area contributed by atoms with Crippen molar-refractivity contribution >= 4 is 22.4 Å². The van der Waals surface area contributed by atoms with Crippen molar-refractivity contribution in [1.29, 1.82) is 0 Å². The van der Waals surface area contributed by atoms with Gasteiger partial charge in [-0.2, -0.15) is 0 Å². The van der Waals surface area contributed by atoms with Gasteiger partial charge in [-0.25, -0.2) is 4.98 Å². The molecule has 2 aromatic rings. The minimum Gasteiger partial charge on any atom is -0.397 e. The zero-order chi connectivity index (χ0) is 15.0. The van der Waals surface area contributed by atoms with Gasteiger partial charge in [0.05, 0.1) is 22.4 Å². The predicted molar refractivity (Wildman–Crippen MR) is 86.8 cm³/mol. The summed E-state index contributed by atoms with van der Waals surface area (Å²) in [4.78, 5) is 21.1. The largest absolute Gasteiger partial charge is 0.397 e. The molecule has 0 unspecified atom stereocenters. The van der Waals surface area contributed by atoms with Gasteiger partial charge in [0.15, 0.2) is 0 Å². The zero-order valence-corrected chi connectivity index (χ0v) is 12.6. The van der Waals surface area contributed by atoms with Gasteiger partial charge in [-0.1, -0.05) is 19.3 Å². The second-order valence-electron chi connectivity index (χ2n) is 5.98. The number of nitrogen functional groups attached to an aromatic ring is 1. The first kappa shape index (κ1) is 13.9. The SMILES string of the molecule is Cc1nc2cc(N(C)C3CCCCC3)c(N)cc2[nH]c1=O. The highest BCUT2D eigenvalue weighted by Gasteiger charge is 2.20. The molecule has 0 aliphatic heterocycles. The minimum atomic E-state index is -0.157. The Bertz CT molecular complexity index is 716. The second kappa shape index (κ2) is 5.39. The van der Waals surface area contributed by atoms with E-state index in [0.29, 0.717) is 22.9 Å². The van der Waals surface area contributed by atoms with E-state index in [-0.39, 0.29) is 5.56 Å². The number of nitrogens with one attached hydrogen (secondary N) is 1. The van der Waals surface area contributed by atoms with Crippen molar-refractivity contribution in [2.75, 3.05) is 17.7 Å². The quantitative estimate of drug-likeness (QED) is 0.832. The first-order valence-corrected chi connectivity index (χ1v) is 7.59. The molecule has 1 aliphatic rings. The molecule has 0 bridgehead atoms. The van der Waals surface area contributed by atoms with Crippen LogP contribution in [0.4, 0.5) is 11.4 Å². The van der Waals surface area contributed by atoms with Crippen molar-refractivity contribution in [3.63, 3.8) is 0 Å². The lowest BCUT2D eigenvalue weighted by atomic mass is 9.94. The van der Waals surface area contributed by atoms with E-state index in [9.17, 15) is 4.79 Å². The summed E-state index contributed by atoms with van der Waals surface area (Å²) >= 11 is 0. The molecule has 0 atom stereocenters. The number of H-pyrrole nitrogens is 1. The van der Waals surface area contributed by atoms with Crippen molar-refractivity contribution < 1.29 is 0 Å². The normalized spacial score (nSPS) is 16.3. The summed E-state index contributed by atoms with van der Waals surface area (Å²) in [5, 5.41) is 0. The van der Waals surface area contributed by atoms with Gasteiger partial charge in [-0.05, 0) is 31.9 Å². The molecule has 5 heteroatoms. The van der Waals surface area contributed by atoms with Crippen LogP contribution in [0.3, 0.4) is 0 Å². The molecule has 1 aromatic heterocycles. The molecule has 0 amide bonds. The number of aromatic nitrogens is 2. The van der Waals surface area contributed by atoms with Crippen LogP contribution in [-0.2, 0) is 0 Å². The Morgan fingerprint density at radius 2 is 2.00 bits per heavy atom. The number of rotatable bonds is 2. The number of hydrogen-bond acceptors (Lipinski definition) is 4. The molecular weight excluding hydrogens is 264 g/mol. The van der Waals surface area contributed by atoms with Crippen LogP contribution in [0.2, 0.25) is 0 Å². The summed E-state index contributed by atoms with van der Waals surface area (Å²) in [6.07, 6.45) is 6.33. The van der Waals surface area contributed by atoms with E-state index in [2.05, 4.69) is 21.9 Å². The Kier molecular flexibility index (Phi) is 3.57. The number of aryl methyl sites for hydroxylation is 1. The monoisotopic (exact) mass is 286 g/mol. The van der Waals surface area contributed by atoms with Crippen LogP contribution in [0.5, 0.6) is 0 Å². The maximum atomic E-state index is 11.6. The fourth-order valence-corrected chi connectivity index (χ4v) is 3.20. The van der Waals surface area contributed by atoms with Crippen molar-refractivity contribution in [2.24, 2.45) is 0 Å². The molecule has 3 N–H and O–H groups in total. The second-order valence-corrected chi connectivity index (χ2v) is 5.98.